The van der Waals surface area contributed by atoms with Crippen LogP contribution in [0.1, 0.15) is 54.7 Å². The highest BCUT2D eigenvalue weighted by molar-refractivity contribution is 5.69. The van der Waals surface area contributed by atoms with Gasteiger partial charge in [-0.2, -0.15) is 0 Å². The van der Waals surface area contributed by atoms with Gasteiger partial charge in [-0.25, -0.2) is 0 Å². The number of aliphatic carboxylic acids is 1. The van der Waals surface area contributed by atoms with E-state index in [9.17, 15) is 9.90 Å². The summed E-state index contributed by atoms with van der Waals surface area (Å²) in [4.78, 5) is 11.4. The van der Waals surface area contributed by atoms with Crippen molar-refractivity contribution in [3.05, 3.63) is 22.8 Å². The Balaban J connectivity index is 1.85. The molecule has 4 nitrogen and oxygen atoms in total. The van der Waals surface area contributed by atoms with E-state index in [-0.39, 0.29) is 12.3 Å². The highest BCUT2D eigenvalue weighted by Gasteiger charge is 2.39. The van der Waals surface area contributed by atoms with Gasteiger partial charge in [0.1, 0.15) is 11.5 Å². The summed E-state index contributed by atoms with van der Waals surface area (Å²) >= 11 is 0. The lowest BCUT2D eigenvalue weighted by Crippen LogP contribution is -2.20. The van der Waals surface area contributed by atoms with Gasteiger partial charge in [0.05, 0.1) is 19.6 Å². The molecule has 1 saturated carbocycles. The minimum Gasteiger partial charge on any atom is -0.493 e. The molecular weight excluding hydrogens is 280 g/mol. The maximum Gasteiger partial charge on any atom is 0.303 e. The van der Waals surface area contributed by atoms with Crippen LogP contribution in [0.4, 0.5) is 0 Å². The summed E-state index contributed by atoms with van der Waals surface area (Å²) in [5.74, 6) is 1.83. The third-order valence-corrected chi connectivity index (χ3v) is 5.09. The van der Waals surface area contributed by atoms with Gasteiger partial charge in [-0.1, -0.05) is 0 Å². The monoisotopic (exact) mass is 302 g/mol. The zero-order valence-corrected chi connectivity index (χ0v) is 12.8. The quantitative estimate of drug-likeness (QED) is 0.927. The van der Waals surface area contributed by atoms with Crippen LogP contribution in [0.3, 0.4) is 0 Å². The van der Waals surface area contributed by atoms with E-state index in [1.165, 1.54) is 11.1 Å². The second-order valence-electron chi connectivity index (χ2n) is 6.70. The van der Waals surface area contributed by atoms with Crippen molar-refractivity contribution in [2.24, 2.45) is 5.92 Å². The lowest BCUT2D eigenvalue weighted by molar-refractivity contribution is -0.137. The van der Waals surface area contributed by atoms with Gasteiger partial charge in [-0.05, 0) is 56.1 Å². The summed E-state index contributed by atoms with van der Waals surface area (Å²) in [5, 5.41) is 9.36. The summed E-state index contributed by atoms with van der Waals surface area (Å²) < 4.78 is 11.9. The van der Waals surface area contributed by atoms with Gasteiger partial charge in [-0.15, -0.1) is 0 Å². The number of carboxylic acid groups (broad SMARTS) is 1. The van der Waals surface area contributed by atoms with E-state index in [0.29, 0.717) is 5.92 Å². The largest absolute Gasteiger partial charge is 0.493 e. The molecule has 1 N–H and O–H groups in total. The molecule has 0 radical (unpaired) electrons. The van der Waals surface area contributed by atoms with Crippen LogP contribution in [0.25, 0.3) is 0 Å². The maximum absolute atomic E-state index is 11.4. The average molecular weight is 302 g/mol. The highest BCUT2D eigenvalue weighted by atomic mass is 16.5. The molecule has 2 aliphatic heterocycles. The van der Waals surface area contributed by atoms with Crippen LogP contribution in [0.5, 0.6) is 11.5 Å². The number of aryl methyl sites for hydroxylation is 1. The lowest BCUT2D eigenvalue weighted by atomic mass is 9.82. The Morgan fingerprint density at radius 2 is 2.00 bits per heavy atom. The van der Waals surface area contributed by atoms with Crippen LogP contribution in [-0.2, 0) is 17.6 Å². The van der Waals surface area contributed by atoms with E-state index < -0.39 is 5.97 Å². The zero-order chi connectivity index (χ0) is 15.1. The van der Waals surface area contributed by atoms with Crippen molar-refractivity contribution in [2.75, 3.05) is 13.2 Å². The van der Waals surface area contributed by atoms with Crippen LogP contribution >= 0.6 is 0 Å². The van der Waals surface area contributed by atoms with E-state index in [4.69, 9.17) is 9.47 Å². The summed E-state index contributed by atoms with van der Waals surface area (Å²) in [5.41, 5.74) is 3.58. The smallest absolute Gasteiger partial charge is 0.303 e. The Morgan fingerprint density at radius 1 is 1.23 bits per heavy atom. The van der Waals surface area contributed by atoms with E-state index in [0.717, 1.165) is 68.8 Å². The van der Waals surface area contributed by atoms with Crippen molar-refractivity contribution < 1.29 is 19.4 Å². The molecule has 0 bridgehead atoms. The van der Waals surface area contributed by atoms with Crippen LogP contribution in [0.2, 0.25) is 0 Å². The van der Waals surface area contributed by atoms with Gasteiger partial charge in [0.25, 0.3) is 0 Å². The SMILES string of the molecule is O=C(O)CC(c1c2c(cc3c1OCCC3)OCCC2)C1CC1. The molecule has 1 atom stereocenters. The molecule has 0 aromatic heterocycles. The molecule has 1 unspecified atom stereocenters. The van der Waals surface area contributed by atoms with Crippen molar-refractivity contribution in [1.29, 1.82) is 0 Å². The maximum atomic E-state index is 11.4. The average Bonchev–Trinajstić information content (AvgIpc) is 3.35. The second-order valence-corrected chi connectivity index (χ2v) is 6.70. The number of hydrogen-bond acceptors (Lipinski definition) is 3. The summed E-state index contributed by atoms with van der Waals surface area (Å²) in [7, 11) is 0. The van der Waals surface area contributed by atoms with Crippen LogP contribution in [0, 0.1) is 5.92 Å². The number of carbonyl (C=O) groups is 1. The van der Waals surface area contributed by atoms with E-state index in [1.807, 2.05) is 0 Å². The molecule has 0 spiro atoms. The molecule has 0 amide bonds. The predicted octanol–water partition coefficient (Wildman–Crippen LogP) is 3.30. The molecule has 1 fully saturated rings. The predicted molar refractivity (Wildman–Crippen MR) is 81.8 cm³/mol. The zero-order valence-electron chi connectivity index (χ0n) is 12.8. The van der Waals surface area contributed by atoms with Gasteiger partial charge >= 0.3 is 5.97 Å². The molecule has 118 valence electrons. The summed E-state index contributed by atoms with van der Waals surface area (Å²) in [6.07, 6.45) is 6.49. The molecule has 4 rings (SSSR count). The first-order valence-corrected chi connectivity index (χ1v) is 8.40. The molecule has 1 aromatic rings. The van der Waals surface area contributed by atoms with Crippen LogP contribution in [0.15, 0.2) is 6.07 Å². The molecular formula is C18H22O4. The standard InChI is InChI=1S/C18H22O4/c19-16(20)10-14(11-5-6-11)17-13-4-2-7-21-15(13)9-12-3-1-8-22-18(12)17/h9,11,14H,1-8,10H2,(H,19,20). The van der Waals surface area contributed by atoms with Gasteiger partial charge in [0, 0.05) is 17.0 Å². The third-order valence-electron chi connectivity index (χ3n) is 5.09. The number of ether oxygens (including phenoxy) is 2. The molecule has 22 heavy (non-hydrogen) atoms. The van der Waals surface area contributed by atoms with Gasteiger partial charge in [-0.3, -0.25) is 4.79 Å². The Labute approximate surface area is 130 Å². The van der Waals surface area contributed by atoms with Gasteiger partial charge in [0.15, 0.2) is 0 Å². The van der Waals surface area contributed by atoms with Crippen molar-refractivity contribution in [2.45, 2.75) is 50.9 Å². The van der Waals surface area contributed by atoms with Crippen LogP contribution in [-0.4, -0.2) is 24.3 Å². The van der Waals surface area contributed by atoms with E-state index in [2.05, 4.69) is 6.07 Å². The lowest BCUT2D eigenvalue weighted by Gasteiger charge is -2.31. The van der Waals surface area contributed by atoms with Crippen molar-refractivity contribution in [3.8, 4) is 11.5 Å². The Kier molecular flexibility index (Phi) is 3.47. The number of benzene rings is 1. The van der Waals surface area contributed by atoms with Crippen molar-refractivity contribution in [1.82, 2.24) is 0 Å². The van der Waals surface area contributed by atoms with Crippen molar-refractivity contribution >= 4 is 5.97 Å². The normalized spacial score (nSPS) is 21.1. The fourth-order valence-corrected chi connectivity index (χ4v) is 3.95. The third kappa shape index (κ3) is 2.44. The van der Waals surface area contributed by atoms with Crippen molar-refractivity contribution in [3.63, 3.8) is 0 Å². The fourth-order valence-electron chi connectivity index (χ4n) is 3.95. The van der Waals surface area contributed by atoms with E-state index in [1.54, 1.807) is 0 Å². The first-order valence-electron chi connectivity index (χ1n) is 8.40. The number of hydrogen-bond donors (Lipinski definition) is 1. The first-order chi connectivity index (χ1) is 10.7. The van der Waals surface area contributed by atoms with Crippen LogP contribution < -0.4 is 9.47 Å². The van der Waals surface area contributed by atoms with Gasteiger partial charge < -0.3 is 14.6 Å². The second kappa shape index (κ2) is 5.49. The Hall–Kier alpha value is -1.71. The molecule has 4 heteroatoms. The summed E-state index contributed by atoms with van der Waals surface area (Å²) in [6.45, 7) is 1.50. The topological polar surface area (TPSA) is 55.8 Å². The molecule has 1 aliphatic carbocycles. The summed E-state index contributed by atoms with van der Waals surface area (Å²) in [6, 6.07) is 2.14. The molecule has 0 saturated heterocycles. The van der Waals surface area contributed by atoms with Gasteiger partial charge in [0.2, 0.25) is 0 Å². The van der Waals surface area contributed by atoms with E-state index >= 15 is 0 Å². The number of rotatable bonds is 4. The molecule has 1 aromatic carbocycles. The molecule has 2 heterocycles. The Morgan fingerprint density at radius 3 is 2.77 bits per heavy atom. The number of carboxylic acids is 1. The highest BCUT2D eigenvalue weighted by Crippen LogP contribution is 2.52. The first kappa shape index (κ1) is 13.9. The fraction of sp³-hybridized carbons (Fsp3) is 0.611. The molecule has 3 aliphatic rings. The number of fused-ring (bicyclic) bond motifs is 2. The Bertz CT molecular complexity index is 569. The minimum atomic E-state index is -0.712. The minimum absolute atomic E-state index is 0.0843.